The number of rotatable bonds is 4. The van der Waals surface area contributed by atoms with Crippen LogP contribution in [0.2, 0.25) is 0 Å². The Morgan fingerprint density at radius 3 is 2.38 bits per heavy atom. The van der Waals surface area contributed by atoms with Crippen LogP contribution in [0.4, 0.5) is 18.9 Å². The van der Waals surface area contributed by atoms with Crippen LogP contribution in [0.1, 0.15) is 5.56 Å². The van der Waals surface area contributed by atoms with Crippen molar-refractivity contribution < 1.29 is 37.3 Å². The number of halogens is 3. The molecule has 0 atom stereocenters. The lowest BCUT2D eigenvalue weighted by atomic mass is 10.1. The first kappa shape index (κ1) is 18.8. The minimum Gasteiger partial charge on any atom is -0.449 e. The fourth-order valence-electron chi connectivity index (χ4n) is 2.94. The molecule has 4 rings (SSSR count). The molecule has 10 heteroatoms. The summed E-state index contributed by atoms with van der Waals surface area (Å²) in [6, 6.07) is 7.99. The van der Waals surface area contributed by atoms with Gasteiger partial charge in [0, 0.05) is 6.08 Å². The first-order valence-corrected chi connectivity index (χ1v) is 8.43. The van der Waals surface area contributed by atoms with Crippen LogP contribution in [-0.4, -0.2) is 35.0 Å². The lowest BCUT2D eigenvalue weighted by Gasteiger charge is -2.24. The molecule has 2 aromatic rings. The minimum atomic E-state index is -4.68. The quantitative estimate of drug-likeness (QED) is 0.647. The molecule has 0 spiro atoms. The Morgan fingerprint density at radius 2 is 1.72 bits per heavy atom. The predicted octanol–water partition coefficient (Wildman–Crippen LogP) is 3.26. The number of benzene rings is 2. The van der Waals surface area contributed by atoms with E-state index < -0.39 is 30.2 Å². The highest BCUT2D eigenvalue weighted by molar-refractivity contribution is 6.17. The maximum Gasteiger partial charge on any atom is 0.416 e. The molecule has 150 valence electrons. The van der Waals surface area contributed by atoms with E-state index in [1.807, 2.05) is 0 Å². The number of aliphatic hydroxyl groups is 1. The van der Waals surface area contributed by atoms with Gasteiger partial charge in [0.2, 0.25) is 0 Å². The second kappa shape index (κ2) is 6.82. The molecule has 2 aromatic carbocycles. The van der Waals surface area contributed by atoms with Crippen LogP contribution >= 0.6 is 0 Å². The van der Waals surface area contributed by atoms with Gasteiger partial charge in [0.15, 0.2) is 23.0 Å². The second-order valence-electron chi connectivity index (χ2n) is 6.20. The van der Waals surface area contributed by atoms with Crippen LogP contribution < -0.4 is 14.8 Å². The summed E-state index contributed by atoms with van der Waals surface area (Å²) >= 11 is 0. The number of anilines is 1. The monoisotopic (exact) mass is 406 g/mol. The van der Waals surface area contributed by atoms with E-state index in [1.165, 1.54) is 0 Å². The minimum absolute atomic E-state index is 0.0570. The van der Waals surface area contributed by atoms with Crippen LogP contribution in [0.3, 0.4) is 0 Å². The van der Waals surface area contributed by atoms with Crippen molar-refractivity contribution in [2.45, 2.75) is 6.18 Å². The van der Waals surface area contributed by atoms with E-state index in [9.17, 15) is 22.8 Å². The summed E-state index contributed by atoms with van der Waals surface area (Å²) in [5, 5.41) is 11.5. The summed E-state index contributed by atoms with van der Waals surface area (Å²) < 4.78 is 51.3. The van der Waals surface area contributed by atoms with Crippen molar-refractivity contribution in [2.75, 3.05) is 18.5 Å². The molecule has 0 aliphatic carbocycles. The maximum absolute atomic E-state index is 13.4. The molecule has 29 heavy (non-hydrogen) atoms. The van der Waals surface area contributed by atoms with Crippen molar-refractivity contribution in [3.8, 4) is 23.0 Å². The van der Waals surface area contributed by atoms with E-state index >= 15 is 0 Å². The zero-order chi connectivity index (χ0) is 20.8. The van der Waals surface area contributed by atoms with Crippen LogP contribution in [0, 0.1) is 0 Å². The zero-order valence-electron chi connectivity index (χ0n) is 14.6. The summed E-state index contributed by atoms with van der Waals surface area (Å²) in [5.41, 5.74) is -1.46. The number of aliphatic hydroxyl groups excluding tert-OH is 1. The number of imide groups is 1. The number of alkyl halides is 3. The number of fused-ring (bicyclic) bond motifs is 2. The van der Waals surface area contributed by atoms with E-state index in [0.29, 0.717) is 0 Å². The van der Waals surface area contributed by atoms with Crippen molar-refractivity contribution >= 4 is 17.5 Å². The van der Waals surface area contributed by atoms with Gasteiger partial charge in [-0.3, -0.25) is 14.5 Å². The summed E-state index contributed by atoms with van der Waals surface area (Å²) in [7, 11) is 0. The van der Waals surface area contributed by atoms with E-state index in [1.54, 1.807) is 24.3 Å². The Bertz CT molecular complexity index is 1050. The molecule has 2 aliphatic heterocycles. The Balaban J connectivity index is 1.75. The third-order valence-corrected chi connectivity index (χ3v) is 4.27. The summed E-state index contributed by atoms with van der Waals surface area (Å²) in [5.74, 6) is -1.18. The van der Waals surface area contributed by atoms with Gasteiger partial charge in [-0.25, -0.2) is 0 Å². The Hall–Kier alpha value is -3.53. The van der Waals surface area contributed by atoms with Gasteiger partial charge in [0.05, 0.1) is 24.4 Å². The second-order valence-corrected chi connectivity index (χ2v) is 6.20. The molecule has 0 unspecified atom stereocenters. The van der Waals surface area contributed by atoms with Crippen molar-refractivity contribution in [3.63, 3.8) is 0 Å². The molecule has 2 N–H and O–H groups in total. The fourth-order valence-corrected chi connectivity index (χ4v) is 2.94. The molecular formula is C19H13F3N2O5. The Labute approximate surface area is 161 Å². The molecule has 0 saturated carbocycles. The number of ether oxygens (including phenoxy) is 2. The summed E-state index contributed by atoms with van der Waals surface area (Å²) in [6.07, 6.45) is -3.74. The van der Waals surface area contributed by atoms with Gasteiger partial charge in [0.1, 0.15) is 5.70 Å². The molecule has 2 aliphatic rings. The average molecular weight is 406 g/mol. The highest BCUT2D eigenvalue weighted by Crippen LogP contribution is 2.51. The standard InChI is InChI=1S/C19H13F3N2O5/c20-19(21,22)10-7-11(23-12-9-16(26)24(5-6-25)18(12)27)17-15(8-10)28-13-3-1-2-4-14(13)29-17/h1-4,7-9,23,25H,5-6H2. The molecule has 0 bridgehead atoms. The highest BCUT2D eigenvalue weighted by atomic mass is 19.4. The van der Waals surface area contributed by atoms with Gasteiger partial charge in [-0.1, -0.05) is 12.1 Å². The van der Waals surface area contributed by atoms with Crippen molar-refractivity contribution in [3.05, 3.63) is 53.7 Å². The lowest BCUT2D eigenvalue weighted by Crippen LogP contribution is -2.34. The smallest absolute Gasteiger partial charge is 0.416 e. The van der Waals surface area contributed by atoms with Crippen LogP contribution in [-0.2, 0) is 15.8 Å². The Kier molecular flexibility index (Phi) is 4.42. The molecule has 7 nitrogen and oxygen atoms in total. The zero-order valence-corrected chi connectivity index (χ0v) is 14.6. The topological polar surface area (TPSA) is 88.1 Å². The molecule has 2 amide bonds. The third kappa shape index (κ3) is 3.38. The van der Waals surface area contributed by atoms with Gasteiger partial charge in [-0.05, 0) is 24.3 Å². The lowest BCUT2D eigenvalue weighted by molar-refractivity contribution is -0.138. The third-order valence-electron chi connectivity index (χ3n) is 4.27. The van der Waals surface area contributed by atoms with E-state index in [0.717, 1.165) is 23.1 Å². The average Bonchev–Trinajstić information content (AvgIpc) is 2.93. The molecular weight excluding hydrogens is 393 g/mol. The SMILES string of the molecule is O=C1C=C(Nc2cc(C(F)(F)F)cc3c2Oc2ccccc2O3)C(=O)N1CCO. The van der Waals surface area contributed by atoms with Crippen molar-refractivity contribution in [2.24, 2.45) is 0 Å². The summed E-state index contributed by atoms with van der Waals surface area (Å²) in [6.45, 7) is -0.668. The maximum atomic E-state index is 13.4. The molecule has 2 heterocycles. The Morgan fingerprint density at radius 1 is 1.03 bits per heavy atom. The normalized spacial score (nSPS) is 15.3. The number of amides is 2. The van der Waals surface area contributed by atoms with Crippen molar-refractivity contribution in [1.82, 2.24) is 4.90 Å². The molecule has 0 radical (unpaired) electrons. The molecule has 0 fully saturated rings. The van der Waals surface area contributed by atoms with E-state index in [2.05, 4.69) is 5.32 Å². The first-order chi connectivity index (χ1) is 13.8. The first-order valence-electron chi connectivity index (χ1n) is 8.43. The summed E-state index contributed by atoms with van der Waals surface area (Å²) in [4.78, 5) is 25.0. The number of carbonyl (C=O) groups excluding carboxylic acids is 2. The van der Waals surface area contributed by atoms with Crippen LogP contribution in [0.25, 0.3) is 0 Å². The number of nitrogens with zero attached hydrogens (tertiary/aromatic N) is 1. The number of nitrogens with one attached hydrogen (secondary N) is 1. The van der Waals surface area contributed by atoms with Gasteiger partial charge in [-0.15, -0.1) is 0 Å². The largest absolute Gasteiger partial charge is 0.449 e. The highest BCUT2D eigenvalue weighted by Gasteiger charge is 2.36. The van der Waals surface area contributed by atoms with Gasteiger partial charge >= 0.3 is 6.18 Å². The van der Waals surface area contributed by atoms with Crippen molar-refractivity contribution in [1.29, 1.82) is 0 Å². The molecule has 0 saturated heterocycles. The van der Waals surface area contributed by atoms with Crippen LogP contribution in [0.15, 0.2) is 48.2 Å². The number of hydrogen-bond donors (Lipinski definition) is 2. The fraction of sp³-hybridized carbons (Fsp3) is 0.158. The number of para-hydroxylation sites is 2. The number of β-amino-alcohol motifs (C(OH)–C–C–N with tert-alkyl or cyclic N) is 1. The van der Waals surface area contributed by atoms with Crippen LogP contribution in [0.5, 0.6) is 23.0 Å². The van der Waals surface area contributed by atoms with Gasteiger partial charge in [0.25, 0.3) is 11.8 Å². The van der Waals surface area contributed by atoms with E-state index in [4.69, 9.17) is 14.6 Å². The number of hydrogen-bond acceptors (Lipinski definition) is 6. The predicted molar refractivity (Wildman–Crippen MR) is 93.5 cm³/mol. The van der Waals surface area contributed by atoms with E-state index in [-0.39, 0.29) is 40.9 Å². The molecule has 0 aromatic heterocycles. The van der Waals surface area contributed by atoms with Gasteiger partial charge < -0.3 is 19.9 Å². The number of carbonyl (C=O) groups is 2. The van der Waals surface area contributed by atoms with Gasteiger partial charge in [-0.2, -0.15) is 13.2 Å².